The Balaban J connectivity index is 1.73. The van der Waals surface area contributed by atoms with E-state index in [1.165, 1.54) is 18.4 Å². The van der Waals surface area contributed by atoms with Gasteiger partial charge in [-0.15, -0.1) is 0 Å². The van der Waals surface area contributed by atoms with Gasteiger partial charge in [0.15, 0.2) is 0 Å². The lowest BCUT2D eigenvalue weighted by atomic mass is 10.1. The number of rotatable bonds is 6. The van der Waals surface area contributed by atoms with Crippen molar-refractivity contribution in [2.24, 2.45) is 0 Å². The Kier molecular flexibility index (Phi) is 4.37. The molecule has 0 radical (unpaired) electrons. The van der Waals surface area contributed by atoms with Gasteiger partial charge in [-0.2, -0.15) is 0 Å². The fraction of sp³-hybridized carbons (Fsp3) is 0.533. The average molecular weight is 246 g/mol. The predicted octanol–water partition coefficient (Wildman–Crippen LogP) is 2.31. The van der Waals surface area contributed by atoms with Crippen LogP contribution in [0.4, 0.5) is 0 Å². The lowest BCUT2D eigenvalue weighted by Crippen LogP contribution is -2.30. The highest BCUT2D eigenvalue weighted by Crippen LogP contribution is 2.18. The molecule has 98 valence electrons. The van der Waals surface area contributed by atoms with Gasteiger partial charge in [-0.05, 0) is 32.3 Å². The van der Waals surface area contributed by atoms with Crippen LogP contribution in [-0.2, 0) is 4.79 Å². The Morgan fingerprint density at radius 1 is 1.33 bits per heavy atom. The standard InChI is InChI=1S/C15H22N2O/c1-11-3-5-13(6-4-11)12(2)17-15(18)9-10-16-14-7-8-14/h3-6,12,14,16H,7-10H2,1-2H3,(H,17,18)/t12-/m1/s1. The van der Waals surface area contributed by atoms with E-state index in [0.717, 1.165) is 12.1 Å². The summed E-state index contributed by atoms with van der Waals surface area (Å²) < 4.78 is 0. The molecule has 1 aliphatic carbocycles. The topological polar surface area (TPSA) is 41.1 Å². The zero-order chi connectivity index (χ0) is 13.0. The number of aryl methyl sites for hydroxylation is 1. The summed E-state index contributed by atoms with van der Waals surface area (Å²) >= 11 is 0. The minimum absolute atomic E-state index is 0.0824. The van der Waals surface area contributed by atoms with E-state index >= 15 is 0 Å². The van der Waals surface area contributed by atoms with Crippen LogP contribution in [0.5, 0.6) is 0 Å². The fourth-order valence-electron chi connectivity index (χ4n) is 1.93. The Hall–Kier alpha value is -1.35. The van der Waals surface area contributed by atoms with Crippen LogP contribution in [0, 0.1) is 6.92 Å². The second-order valence-electron chi connectivity index (χ2n) is 5.18. The first-order chi connectivity index (χ1) is 8.65. The molecule has 0 aromatic heterocycles. The molecule has 0 unspecified atom stereocenters. The molecule has 1 amide bonds. The molecule has 2 rings (SSSR count). The molecule has 0 saturated heterocycles. The molecular weight excluding hydrogens is 224 g/mol. The first-order valence-electron chi connectivity index (χ1n) is 6.74. The van der Waals surface area contributed by atoms with E-state index in [9.17, 15) is 4.79 Å². The maximum Gasteiger partial charge on any atom is 0.221 e. The van der Waals surface area contributed by atoms with E-state index < -0.39 is 0 Å². The van der Waals surface area contributed by atoms with Crippen LogP contribution in [0.25, 0.3) is 0 Å². The number of benzene rings is 1. The van der Waals surface area contributed by atoms with Crippen molar-refractivity contribution in [1.82, 2.24) is 10.6 Å². The van der Waals surface area contributed by atoms with E-state index in [1.54, 1.807) is 0 Å². The van der Waals surface area contributed by atoms with Crippen molar-refractivity contribution < 1.29 is 4.79 Å². The maximum absolute atomic E-state index is 11.7. The SMILES string of the molecule is Cc1ccc([C@@H](C)NC(=O)CCNC2CC2)cc1. The number of carbonyl (C=O) groups excluding carboxylic acids is 1. The van der Waals surface area contributed by atoms with Gasteiger partial charge in [0, 0.05) is 19.0 Å². The largest absolute Gasteiger partial charge is 0.350 e. The molecular formula is C15H22N2O. The summed E-state index contributed by atoms with van der Waals surface area (Å²) in [5, 5.41) is 6.38. The molecule has 1 atom stereocenters. The normalized spacial score (nSPS) is 16.3. The first kappa shape index (κ1) is 13.1. The molecule has 1 aromatic rings. The molecule has 1 fully saturated rings. The van der Waals surface area contributed by atoms with Crippen LogP contribution in [0.2, 0.25) is 0 Å². The summed E-state index contributed by atoms with van der Waals surface area (Å²) in [4.78, 5) is 11.7. The van der Waals surface area contributed by atoms with Crippen molar-refractivity contribution in [3.63, 3.8) is 0 Å². The second-order valence-corrected chi connectivity index (χ2v) is 5.18. The molecule has 1 aromatic carbocycles. The number of carbonyl (C=O) groups is 1. The van der Waals surface area contributed by atoms with E-state index in [4.69, 9.17) is 0 Å². The highest BCUT2D eigenvalue weighted by molar-refractivity contribution is 5.76. The lowest BCUT2D eigenvalue weighted by Gasteiger charge is -2.14. The van der Waals surface area contributed by atoms with E-state index in [2.05, 4.69) is 41.8 Å². The monoisotopic (exact) mass is 246 g/mol. The summed E-state index contributed by atoms with van der Waals surface area (Å²) in [6.07, 6.45) is 3.09. The zero-order valence-electron chi connectivity index (χ0n) is 11.2. The van der Waals surface area contributed by atoms with Crippen molar-refractivity contribution >= 4 is 5.91 Å². The molecule has 1 saturated carbocycles. The molecule has 0 aliphatic heterocycles. The summed E-state index contributed by atoms with van der Waals surface area (Å²) in [6.45, 7) is 4.88. The van der Waals surface area contributed by atoms with E-state index in [0.29, 0.717) is 12.5 Å². The Bertz CT molecular complexity index is 395. The number of nitrogens with one attached hydrogen (secondary N) is 2. The zero-order valence-corrected chi connectivity index (χ0v) is 11.2. The summed E-state index contributed by atoms with van der Waals surface area (Å²) in [5.74, 6) is 0.122. The van der Waals surface area contributed by atoms with Gasteiger partial charge in [-0.3, -0.25) is 4.79 Å². The number of hydrogen-bond acceptors (Lipinski definition) is 2. The molecule has 1 aliphatic rings. The lowest BCUT2D eigenvalue weighted by molar-refractivity contribution is -0.121. The third-order valence-corrected chi connectivity index (χ3v) is 3.32. The van der Waals surface area contributed by atoms with Crippen molar-refractivity contribution in [2.45, 2.75) is 45.2 Å². The van der Waals surface area contributed by atoms with Crippen LogP contribution in [0.1, 0.15) is 43.4 Å². The average Bonchev–Trinajstić information content (AvgIpc) is 3.13. The van der Waals surface area contributed by atoms with Gasteiger partial charge in [-0.25, -0.2) is 0 Å². The Morgan fingerprint density at radius 2 is 2.00 bits per heavy atom. The van der Waals surface area contributed by atoms with Gasteiger partial charge in [-0.1, -0.05) is 29.8 Å². The second kappa shape index (κ2) is 6.01. The summed E-state index contributed by atoms with van der Waals surface area (Å²) in [6, 6.07) is 9.05. The fourth-order valence-corrected chi connectivity index (χ4v) is 1.93. The van der Waals surface area contributed by atoms with Crippen molar-refractivity contribution in [2.75, 3.05) is 6.54 Å². The van der Waals surface area contributed by atoms with Gasteiger partial charge in [0.25, 0.3) is 0 Å². The molecule has 3 heteroatoms. The third kappa shape index (κ3) is 4.15. The number of hydrogen-bond donors (Lipinski definition) is 2. The molecule has 0 heterocycles. The van der Waals surface area contributed by atoms with Crippen molar-refractivity contribution in [1.29, 1.82) is 0 Å². The van der Waals surface area contributed by atoms with Crippen molar-refractivity contribution in [3.8, 4) is 0 Å². The molecule has 0 bridgehead atoms. The van der Waals surface area contributed by atoms with Gasteiger partial charge in [0.2, 0.25) is 5.91 Å². The molecule has 18 heavy (non-hydrogen) atoms. The molecule has 0 spiro atoms. The predicted molar refractivity (Wildman–Crippen MR) is 73.4 cm³/mol. The van der Waals surface area contributed by atoms with Gasteiger partial charge in [0.05, 0.1) is 6.04 Å². The summed E-state index contributed by atoms with van der Waals surface area (Å²) in [5.41, 5.74) is 2.40. The first-order valence-corrected chi connectivity index (χ1v) is 6.74. The van der Waals surface area contributed by atoms with Gasteiger partial charge >= 0.3 is 0 Å². The Labute approximate surface area is 109 Å². The highest BCUT2D eigenvalue weighted by Gasteiger charge is 2.20. The molecule has 2 N–H and O–H groups in total. The maximum atomic E-state index is 11.7. The van der Waals surface area contributed by atoms with E-state index in [1.807, 2.05) is 6.92 Å². The quantitative estimate of drug-likeness (QED) is 0.808. The molecule has 3 nitrogen and oxygen atoms in total. The van der Waals surface area contributed by atoms with Crippen molar-refractivity contribution in [3.05, 3.63) is 35.4 Å². The van der Waals surface area contributed by atoms with Gasteiger partial charge in [0.1, 0.15) is 0 Å². The third-order valence-electron chi connectivity index (χ3n) is 3.32. The van der Waals surface area contributed by atoms with Crippen LogP contribution in [-0.4, -0.2) is 18.5 Å². The van der Waals surface area contributed by atoms with Crippen LogP contribution in [0.3, 0.4) is 0 Å². The summed E-state index contributed by atoms with van der Waals surface area (Å²) in [7, 11) is 0. The van der Waals surface area contributed by atoms with Gasteiger partial charge < -0.3 is 10.6 Å². The minimum Gasteiger partial charge on any atom is -0.350 e. The van der Waals surface area contributed by atoms with Crippen LogP contribution < -0.4 is 10.6 Å². The number of amides is 1. The Morgan fingerprint density at radius 3 is 2.61 bits per heavy atom. The van der Waals surface area contributed by atoms with Crippen LogP contribution >= 0.6 is 0 Å². The highest BCUT2D eigenvalue weighted by atomic mass is 16.1. The minimum atomic E-state index is 0.0824. The van der Waals surface area contributed by atoms with Crippen LogP contribution in [0.15, 0.2) is 24.3 Å². The van der Waals surface area contributed by atoms with E-state index in [-0.39, 0.29) is 11.9 Å². The smallest absolute Gasteiger partial charge is 0.221 e.